The number of unbranched alkanes of at least 4 members (excludes halogenated alkanes) is 2. The van der Waals surface area contributed by atoms with Crippen LogP contribution in [0.4, 0.5) is 5.69 Å². The van der Waals surface area contributed by atoms with E-state index in [0.29, 0.717) is 0 Å². The number of para-hydroxylation sites is 1. The molecule has 1 aliphatic heterocycles. The third-order valence-corrected chi connectivity index (χ3v) is 4.15. The first-order valence-electron chi connectivity index (χ1n) is 7.92. The highest BCUT2D eigenvalue weighted by molar-refractivity contribution is 5.55. The van der Waals surface area contributed by atoms with E-state index in [1.807, 2.05) is 0 Å². The van der Waals surface area contributed by atoms with Gasteiger partial charge < -0.3 is 10.6 Å². The van der Waals surface area contributed by atoms with Gasteiger partial charge in [-0.2, -0.15) is 0 Å². The standard InChI is InChI=1S/C17H28N2/c1-2-3-5-11-16(18)15-10-6-7-12-17(15)19-13-8-4-9-14-19/h6-7,10,12,16H,2-5,8-9,11,13-14,18H2,1H3/t16-/m1/s1. The maximum atomic E-state index is 6.42. The third kappa shape index (κ3) is 3.97. The number of nitrogens with zero attached hydrogens (tertiary/aromatic N) is 1. The van der Waals surface area contributed by atoms with Crippen molar-refractivity contribution in [2.24, 2.45) is 5.73 Å². The van der Waals surface area contributed by atoms with E-state index in [9.17, 15) is 0 Å². The molecule has 1 aromatic carbocycles. The SMILES string of the molecule is CCCCC[C@@H](N)c1ccccc1N1CCCCC1. The van der Waals surface area contributed by atoms with Gasteiger partial charge in [0.25, 0.3) is 0 Å². The van der Waals surface area contributed by atoms with Gasteiger partial charge in [0.2, 0.25) is 0 Å². The molecule has 19 heavy (non-hydrogen) atoms. The van der Waals surface area contributed by atoms with E-state index in [-0.39, 0.29) is 6.04 Å². The summed E-state index contributed by atoms with van der Waals surface area (Å²) < 4.78 is 0. The van der Waals surface area contributed by atoms with E-state index < -0.39 is 0 Å². The minimum atomic E-state index is 0.199. The van der Waals surface area contributed by atoms with E-state index in [4.69, 9.17) is 5.73 Å². The van der Waals surface area contributed by atoms with Crippen LogP contribution in [-0.2, 0) is 0 Å². The zero-order valence-corrected chi connectivity index (χ0v) is 12.3. The molecule has 106 valence electrons. The molecule has 2 nitrogen and oxygen atoms in total. The second-order valence-electron chi connectivity index (χ2n) is 5.71. The van der Waals surface area contributed by atoms with Crippen molar-refractivity contribution >= 4 is 5.69 Å². The van der Waals surface area contributed by atoms with Crippen molar-refractivity contribution in [3.05, 3.63) is 29.8 Å². The molecule has 1 saturated heterocycles. The van der Waals surface area contributed by atoms with Crippen molar-refractivity contribution in [2.45, 2.75) is 57.9 Å². The lowest BCUT2D eigenvalue weighted by Crippen LogP contribution is -2.31. The Morgan fingerprint density at radius 2 is 1.84 bits per heavy atom. The van der Waals surface area contributed by atoms with Gasteiger partial charge in [0.1, 0.15) is 0 Å². The van der Waals surface area contributed by atoms with Crippen molar-refractivity contribution < 1.29 is 0 Å². The fourth-order valence-electron chi connectivity index (χ4n) is 2.99. The lowest BCUT2D eigenvalue weighted by Gasteiger charge is -2.32. The zero-order valence-electron chi connectivity index (χ0n) is 12.3. The Bertz CT molecular complexity index is 369. The highest BCUT2D eigenvalue weighted by atomic mass is 15.1. The molecule has 1 aromatic rings. The van der Waals surface area contributed by atoms with E-state index >= 15 is 0 Å². The van der Waals surface area contributed by atoms with E-state index in [0.717, 1.165) is 6.42 Å². The van der Waals surface area contributed by atoms with Gasteiger partial charge in [0, 0.05) is 24.8 Å². The summed E-state index contributed by atoms with van der Waals surface area (Å²) in [6, 6.07) is 8.94. The van der Waals surface area contributed by atoms with Crippen LogP contribution in [0.2, 0.25) is 0 Å². The molecule has 0 radical (unpaired) electrons. The molecule has 0 aliphatic carbocycles. The average molecular weight is 260 g/mol. The number of nitrogens with two attached hydrogens (primary N) is 1. The second-order valence-corrected chi connectivity index (χ2v) is 5.71. The molecular formula is C17H28N2. The van der Waals surface area contributed by atoms with Crippen LogP contribution in [0, 0.1) is 0 Å². The first-order chi connectivity index (χ1) is 9.33. The van der Waals surface area contributed by atoms with Gasteiger partial charge in [-0.1, -0.05) is 44.4 Å². The lowest BCUT2D eigenvalue weighted by atomic mass is 9.98. The fraction of sp³-hybridized carbons (Fsp3) is 0.647. The Labute approximate surface area is 118 Å². The van der Waals surface area contributed by atoms with Gasteiger partial charge in [0.15, 0.2) is 0 Å². The van der Waals surface area contributed by atoms with Gasteiger partial charge in [-0.25, -0.2) is 0 Å². The Kier molecular flexibility index (Phi) is 5.71. The molecule has 0 amide bonds. The molecule has 0 bridgehead atoms. The number of hydrogen-bond acceptors (Lipinski definition) is 2. The highest BCUT2D eigenvalue weighted by Gasteiger charge is 2.17. The number of benzene rings is 1. The van der Waals surface area contributed by atoms with Crippen molar-refractivity contribution in [3.8, 4) is 0 Å². The Hall–Kier alpha value is -1.02. The summed E-state index contributed by atoms with van der Waals surface area (Å²) >= 11 is 0. The first-order valence-corrected chi connectivity index (χ1v) is 7.92. The van der Waals surface area contributed by atoms with E-state index in [1.165, 1.54) is 62.9 Å². The molecule has 1 heterocycles. The molecular weight excluding hydrogens is 232 g/mol. The largest absolute Gasteiger partial charge is 0.371 e. The van der Waals surface area contributed by atoms with E-state index in [2.05, 4.69) is 36.1 Å². The minimum absolute atomic E-state index is 0.199. The van der Waals surface area contributed by atoms with Crippen molar-refractivity contribution in [2.75, 3.05) is 18.0 Å². The summed E-state index contributed by atoms with van der Waals surface area (Å²) in [5, 5.41) is 0. The van der Waals surface area contributed by atoms with Crippen LogP contribution in [0.25, 0.3) is 0 Å². The number of anilines is 1. The third-order valence-electron chi connectivity index (χ3n) is 4.15. The predicted octanol–water partition coefficient (Wildman–Crippen LogP) is 4.26. The number of hydrogen-bond donors (Lipinski definition) is 1. The van der Waals surface area contributed by atoms with E-state index in [1.54, 1.807) is 0 Å². The summed E-state index contributed by atoms with van der Waals surface area (Å²) in [4.78, 5) is 2.53. The van der Waals surface area contributed by atoms with Gasteiger partial charge in [-0.05, 0) is 37.3 Å². The molecule has 0 spiro atoms. The minimum Gasteiger partial charge on any atom is -0.371 e. The van der Waals surface area contributed by atoms with Crippen LogP contribution in [0.15, 0.2) is 24.3 Å². The van der Waals surface area contributed by atoms with Gasteiger partial charge >= 0.3 is 0 Å². The molecule has 0 unspecified atom stereocenters. The first kappa shape index (κ1) is 14.4. The summed E-state index contributed by atoms with van der Waals surface area (Å²) in [5.41, 5.74) is 9.15. The molecule has 1 fully saturated rings. The molecule has 1 aliphatic rings. The molecule has 2 rings (SSSR count). The normalized spacial score (nSPS) is 17.5. The molecule has 2 heteroatoms. The molecule has 0 saturated carbocycles. The lowest BCUT2D eigenvalue weighted by molar-refractivity contribution is 0.560. The second kappa shape index (κ2) is 7.54. The number of rotatable bonds is 6. The van der Waals surface area contributed by atoms with Crippen molar-refractivity contribution in [1.29, 1.82) is 0 Å². The van der Waals surface area contributed by atoms with Crippen LogP contribution < -0.4 is 10.6 Å². The summed E-state index contributed by atoms with van der Waals surface area (Å²) in [6.45, 7) is 4.63. The Balaban J connectivity index is 2.06. The Morgan fingerprint density at radius 1 is 1.11 bits per heavy atom. The van der Waals surface area contributed by atoms with Gasteiger partial charge in [0.05, 0.1) is 0 Å². The molecule has 1 atom stereocenters. The highest BCUT2D eigenvalue weighted by Crippen LogP contribution is 2.29. The van der Waals surface area contributed by atoms with Crippen LogP contribution >= 0.6 is 0 Å². The quantitative estimate of drug-likeness (QED) is 0.774. The van der Waals surface area contributed by atoms with Crippen LogP contribution in [-0.4, -0.2) is 13.1 Å². The summed E-state index contributed by atoms with van der Waals surface area (Å²) in [6.07, 6.45) is 8.92. The maximum Gasteiger partial charge on any atom is 0.0414 e. The van der Waals surface area contributed by atoms with Gasteiger partial charge in [-0.3, -0.25) is 0 Å². The molecule has 0 aromatic heterocycles. The zero-order chi connectivity index (χ0) is 13.5. The van der Waals surface area contributed by atoms with Crippen molar-refractivity contribution in [3.63, 3.8) is 0 Å². The predicted molar refractivity (Wildman–Crippen MR) is 83.6 cm³/mol. The average Bonchev–Trinajstić information content (AvgIpc) is 2.48. The smallest absolute Gasteiger partial charge is 0.0414 e. The summed E-state index contributed by atoms with van der Waals surface area (Å²) in [7, 11) is 0. The van der Waals surface area contributed by atoms with Crippen molar-refractivity contribution in [1.82, 2.24) is 0 Å². The maximum absolute atomic E-state index is 6.42. The number of piperidine rings is 1. The van der Waals surface area contributed by atoms with Crippen LogP contribution in [0.5, 0.6) is 0 Å². The topological polar surface area (TPSA) is 29.3 Å². The fourth-order valence-corrected chi connectivity index (χ4v) is 2.99. The summed E-state index contributed by atoms with van der Waals surface area (Å²) in [5.74, 6) is 0. The molecule has 2 N–H and O–H groups in total. The Morgan fingerprint density at radius 3 is 2.58 bits per heavy atom. The van der Waals surface area contributed by atoms with Crippen LogP contribution in [0.1, 0.15) is 63.5 Å². The van der Waals surface area contributed by atoms with Gasteiger partial charge in [-0.15, -0.1) is 0 Å². The monoisotopic (exact) mass is 260 g/mol. The van der Waals surface area contributed by atoms with Crippen LogP contribution in [0.3, 0.4) is 0 Å².